The Bertz CT molecular complexity index is 428. The van der Waals surface area contributed by atoms with E-state index in [0.29, 0.717) is 17.8 Å². The Balaban J connectivity index is 1.52. The first-order valence-corrected chi connectivity index (χ1v) is 8.57. The van der Waals surface area contributed by atoms with Crippen molar-refractivity contribution in [1.82, 2.24) is 0 Å². The van der Waals surface area contributed by atoms with Crippen molar-refractivity contribution in [3.05, 3.63) is 0 Å². The third-order valence-electron chi connectivity index (χ3n) is 6.63. The minimum atomic E-state index is -3.41. The lowest BCUT2D eigenvalue weighted by molar-refractivity contribution is 0.0234. The second kappa shape index (κ2) is 4.00. The first-order valence-electron chi connectivity index (χ1n) is 7.46. The van der Waals surface area contributed by atoms with Gasteiger partial charge in [0.25, 0.3) is 0 Å². The quantitative estimate of drug-likeness (QED) is 0.638. The molecular formula is C14H20F2O2S. The maximum absolute atomic E-state index is 13.5. The predicted molar refractivity (Wildman–Crippen MR) is 67.9 cm³/mol. The minimum Gasteiger partial charge on any atom is -0.301 e. The van der Waals surface area contributed by atoms with Crippen LogP contribution in [0.3, 0.4) is 0 Å². The summed E-state index contributed by atoms with van der Waals surface area (Å²) in [5.74, 6) is 4.17. The number of fused-ring (bicyclic) bond motifs is 9. The summed E-state index contributed by atoms with van der Waals surface area (Å²) < 4.78 is 46.5. The molecule has 8 atom stereocenters. The molecule has 0 saturated heterocycles. The fourth-order valence-corrected chi connectivity index (χ4v) is 6.67. The van der Waals surface area contributed by atoms with Gasteiger partial charge < -0.3 is 4.55 Å². The molecule has 19 heavy (non-hydrogen) atoms. The van der Waals surface area contributed by atoms with Crippen molar-refractivity contribution >= 4 is 11.1 Å². The minimum absolute atomic E-state index is 0.0169. The van der Waals surface area contributed by atoms with E-state index < -0.39 is 16.3 Å². The van der Waals surface area contributed by atoms with Crippen LogP contribution in [-0.4, -0.2) is 14.0 Å². The molecule has 1 N–H and O–H groups in total. The molecule has 8 unspecified atom stereocenters. The molecule has 108 valence electrons. The Hall–Kier alpha value is -0.0300. The molecule has 4 bridgehead atoms. The normalized spacial score (nSPS) is 52.7. The molecule has 0 aliphatic heterocycles. The van der Waals surface area contributed by atoms with Gasteiger partial charge in [0.1, 0.15) is 0 Å². The molecule has 4 saturated carbocycles. The van der Waals surface area contributed by atoms with E-state index in [9.17, 15) is 13.0 Å². The highest BCUT2D eigenvalue weighted by atomic mass is 32.2. The number of alkyl halides is 2. The highest BCUT2D eigenvalue weighted by Gasteiger charge is 2.63. The van der Waals surface area contributed by atoms with Crippen molar-refractivity contribution in [2.24, 2.45) is 41.4 Å². The fraction of sp³-hybridized carbons (Fsp3) is 1.00. The average Bonchev–Trinajstić information content (AvgIpc) is 3.05. The van der Waals surface area contributed by atoms with Gasteiger partial charge in [0, 0.05) is 6.42 Å². The predicted octanol–water partition coefficient (Wildman–Crippen LogP) is 3.51. The maximum atomic E-state index is 13.5. The zero-order valence-electron chi connectivity index (χ0n) is 10.8. The SMILES string of the molecule is O=S(O)C(F)(F)CC1CC2CC1C1C3CCC(C3)C21. The van der Waals surface area contributed by atoms with Crippen LogP contribution in [0.4, 0.5) is 8.78 Å². The van der Waals surface area contributed by atoms with E-state index in [1.807, 2.05) is 0 Å². The second-order valence-corrected chi connectivity index (χ2v) is 8.33. The maximum Gasteiger partial charge on any atom is 0.345 e. The molecule has 0 amide bonds. The van der Waals surface area contributed by atoms with E-state index in [-0.39, 0.29) is 12.3 Å². The zero-order chi connectivity index (χ0) is 13.4. The van der Waals surface area contributed by atoms with Crippen molar-refractivity contribution in [3.8, 4) is 0 Å². The largest absolute Gasteiger partial charge is 0.345 e. The smallest absolute Gasteiger partial charge is 0.301 e. The summed E-state index contributed by atoms with van der Waals surface area (Å²) in [6.45, 7) is 0. The monoisotopic (exact) mass is 290 g/mol. The Morgan fingerprint density at radius 3 is 2.42 bits per heavy atom. The summed E-state index contributed by atoms with van der Waals surface area (Å²) in [6.07, 6.45) is 5.60. The van der Waals surface area contributed by atoms with Crippen LogP contribution in [0, 0.1) is 41.4 Å². The second-order valence-electron chi connectivity index (χ2n) is 7.23. The Kier molecular flexibility index (Phi) is 2.67. The lowest BCUT2D eigenvalue weighted by Gasteiger charge is -2.39. The van der Waals surface area contributed by atoms with Gasteiger partial charge in [-0.05, 0) is 73.5 Å². The van der Waals surface area contributed by atoms with Gasteiger partial charge in [-0.3, -0.25) is 0 Å². The summed E-state index contributed by atoms with van der Waals surface area (Å²) in [6, 6.07) is 0. The molecular weight excluding hydrogens is 270 g/mol. The van der Waals surface area contributed by atoms with Gasteiger partial charge in [-0.1, -0.05) is 0 Å². The van der Waals surface area contributed by atoms with Crippen LogP contribution in [0.1, 0.15) is 38.5 Å². The molecule has 2 nitrogen and oxygen atoms in total. The molecule has 4 fully saturated rings. The van der Waals surface area contributed by atoms with Crippen LogP contribution in [0.2, 0.25) is 0 Å². The molecule has 0 aromatic rings. The average molecular weight is 290 g/mol. The lowest BCUT2D eigenvalue weighted by atomic mass is 9.67. The number of hydrogen-bond donors (Lipinski definition) is 1. The summed E-state index contributed by atoms with van der Waals surface area (Å²) in [4.78, 5) is 0. The molecule has 0 aromatic heterocycles. The van der Waals surface area contributed by atoms with E-state index in [4.69, 9.17) is 4.55 Å². The van der Waals surface area contributed by atoms with E-state index in [0.717, 1.165) is 30.6 Å². The molecule has 0 aromatic carbocycles. The van der Waals surface area contributed by atoms with Gasteiger partial charge in [-0.25, -0.2) is 4.21 Å². The van der Waals surface area contributed by atoms with Crippen molar-refractivity contribution in [1.29, 1.82) is 0 Å². The van der Waals surface area contributed by atoms with Crippen molar-refractivity contribution < 1.29 is 17.5 Å². The summed E-state index contributed by atoms with van der Waals surface area (Å²) in [5.41, 5.74) is 0. The Labute approximate surface area is 114 Å². The lowest BCUT2D eigenvalue weighted by Crippen LogP contribution is -2.36. The molecule has 4 aliphatic carbocycles. The molecule has 0 heterocycles. The highest BCUT2D eigenvalue weighted by Crippen LogP contribution is 2.69. The van der Waals surface area contributed by atoms with Gasteiger partial charge in [0.15, 0.2) is 0 Å². The van der Waals surface area contributed by atoms with Crippen LogP contribution in [0.5, 0.6) is 0 Å². The highest BCUT2D eigenvalue weighted by molar-refractivity contribution is 7.80. The van der Waals surface area contributed by atoms with Crippen molar-refractivity contribution in [3.63, 3.8) is 0 Å². The third-order valence-corrected chi connectivity index (χ3v) is 7.30. The molecule has 4 rings (SSSR count). The van der Waals surface area contributed by atoms with E-state index in [2.05, 4.69) is 0 Å². The first-order chi connectivity index (χ1) is 8.97. The van der Waals surface area contributed by atoms with Crippen LogP contribution in [-0.2, 0) is 11.1 Å². The van der Waals surface area contributed by atoms with Gasteiger partial charge >= 0.3 is 5.25 Å². The summed E-state index contributed by atoms with van der Waals surface area (Å²) >= 11 is -3.02. The first kappa shape index (κ1) is 12.7. The zero-order valence-corrected chi connectivity index (χ0v) is 11.6. The van der Waals surface area contributed by atoms with E-state index >= 15 is 0 Å². The fourth-order valence-electron chi connectivity index (χ4n) is 6.31. The van der Waals surface area contributed by atoms with Crippen LogP contribution in [0.25, 0.3) is 0 Å². The summed E-state index contributed by atoms with van der Waals surface area (Å²) in [7, 11) is 0. The van der Waals surface area contributed by atoms with Gasteiger partial charge in [-0.15, -0.1) is 0 Å². The Morgan fingerprint density at radius 1 is 1.05 bits per heavy atom. The summed E-state index contributed by atoms with van der Waals surface area (Å²) in [5, 5.41) is -3.41. The van der Waals surface area contributed by atoms with Gasteiger partial charge in [0.2, 0.25) is 11.1 Å². The van der Waals surface area contributed by atoms with Crippen molar-refractivity contribution in [2.75, 3.05) is 0 Å². The Morgan fingerprint density at radius 2 is 1.74 bits per heavy atom. The van der Waals surface area contributed by atoms with Crippen LogP contribution < -0.4 is 0 Å². The number of hydrogen-bond acceptors (Lipinski definition) is 1. The van der Waals surface area contributed by atoms with E-state index in [1.54, 1.807) is 0 Å². The number of rotatable bonds is 3. The van der Waals surface area contributed by atoms with Gasteiger partial charge in [-0.2, -0.15) is 8.78 Å². The molecule has 5 heteroatoms. The number of halogens is 2. The van der Waals surface area contributed by atoms with Gasteiger partial charge in [0.05, 0.1) is 0 Å². The van der Waals surface area contributed by atoms with Crippen LogP contribution in [0.15, 0.2) is 0 Å². The molecule has 0 radical (unpaired) electrons. The third kappa shape index (κ3) is 1.70. The van der Waals surface area contributed by atoms with Crippen molar-refractivity contribution in [2.45, 2.75) is 43.8 Å². The topological polar surface area (TPSA) is 37.3 Å². The molecule has 4 aliphatic rings. The van der Waals surface area contributed by atoms with Crippen LogP contribution >= 0.6 is 0 Å². The molecule has 0 spiro atoms. The van der Waals surface area contributed by atoms with E-state index in [1.165, 1.54) is 19.3 Å². The standard InChI is InChI=1S/C14H20F2O2S/c15-14(16,19(17)18)6-10-4-9-5-11(10)13-8-2-1-7(3-8)12(9)13/h7-13H,1-6H2,(H,17,18).